The number of carbonyl (C=O) groups is 3. The second-order valence-corrected chi connectivity index (χ2v) is 11.3. The maximum Gasteiger partial charge on any atom is 0.408 e. The first-order valence-electron chi connectivity index (χ1n) is 13.8. The monoisotopic (exact) mass is 567 g/mol. The quantitative estimate of drug-likeness (QED) is 0.213. The number of alkyl carbamates (subject to hydrolysis) is 1. The van der Waals surface area contributed by atoms with E-state index in [4.69, 9.17) is 22.8 Å². The summed E-state index contributed by atoms with van der Waals surface area (Å²) in [5.74, 6) is 1.77. The average molecular weight is 568 g/mol. The number of nitrogens with zero attached hydrogens (tertiary/aromatic N) is 1. The number of aryl methyl sites for hydroxylation is 1. The lowest BCUT2D eigenvalue weighted by molar-refractivity contribution is -0.140. The third-order valence-corrected chi connectivity index (χ3v) is 6.65. The van der Waals surface area contributed by atoms with Crippen LogP contribution in [0.25, 0.3) is 0 Å². The number of carbonyl (C=O) groups excluding carboxylic acids is 3. The largest absolute Gasteiger partial charge is 0.444 e. The highest BCUT2D eigenvalue weighted by Crippen LogP contribution is 2.31. The number of halogens is 1. The van der Waals surface area contributed by atoms with Gasteiger partial charge >= 0.3 is 6.09 Å². The van der Waals surface area contributed by atoms with Crippen molar-refractivity contribution in [1.29, 1.82) is 0 Å². The Kier molecular flexibility index (Phi) is 12.5. The lowest BCUT2D eigenvalue weighted by atomic mass is 9.97. The molecule has 0 saturated heterocycles. The molecule has 0 saturated carbocycles. The minimum Gasteiger partial charge on any atom is -0.444 e. The van der Waals surface area contributed by atoms with Crippen molar-refractivity contribution in [3.63, 3.8) is 0 Å². The van der Waals surface area contributed by atoms with Gasteiger partial charge in [0.2, 0.25) is 5.91 Å². The van der Waals surface area contributed by atoms with Crippen LogP contribution in [0.3, 0.4) is 0 Å². The molecule has 2 aromatic carbocycles. The van der Waals surface area contributed by atoms with Crippen molar-refractivity contribution in [2.45, 2.75) is 91.3 Å². The van der Waals surface area contributed by atoms with Crippen LogP contribution in [0.2, 0.25) is 5.02 Å². The molecule has 0 aliphatic rings. The molecule has 2 rings (SSSR count). The molecule has 0 spiro atoms. The number of hydrogen-bond donors (Lipinski definition) is 2. The highest BCUT2D eigenvalue weighted by atomic mass is 35.5. The third kappa shape index (κ3) is 9.60. The fourth-order valence-electron chi connectivity index (χ4n) is 4.35. The molecule has 2 atom stereocenters. The second kappa shape index (κ2) is 15.3. The third-order valence-electron chi connectivity index (χ3n) is 6.33. The summed E-state index contributed by atoms with van der Waals surface area (Å²) in [4.78, 5) is 42.0. The number of benzene rings is 2. The molecule has 7 nitrogen and oxygen atoms in total. The van der Waals surface area contributed by atoms with E-state index in [9.17, 15) is 14.4 Å². The SMILES string of the molecule is C#Cc1ccccc1C(C(=O)Nc1c(C)cccc1Cl)N(CCCCCCC)C(=O)C(C)NC(=O)OC(C)(C)C. The van der Waals surface area contributed by atoms with E-state index in [-0.39, 0.29) is 0 Å². The lowest BCUT2D eigenvalue weighted by Crippen LogP contribution is -2.51. The van der Waals surface area contributed by atoms with E-state index in [2.05, 4.69) is 23.5 Å². The first-order chi connectivity index (χ1) is 18.9. The highest BCUT2D eigenvalue weighted by molar-refractivity contribution is 6.34. The molecular formula is C32H42ClN3O4. The molecule has 0 heterocycles. The normalized spacial score (nSPS) is 12.6. The maximum atomic E-state index is 14.1. The average Bonchev–Trinajstić information content (AvgIpc) is 2.88. The summed E-state index contributed by atoms with van der Waals surface area (Å²) in [6, 6.07) is 10.4. The van der Waals surface area contributed by atoms with Crippen LogP contribution < -0.4 is 10.6 Å². The van der Waals surface area contributed by atoms with Gasteiger partial charge in [-0.05, 0) is 64.3 Å². The van der Waals surface area contributed by atoms with Crippen molar-refractivity contribution >= 4 is 35.2 Å². The molecule has 0 aliphatic heterocycles. The standard InChI is InChI=1S/C32H42ClN3O4/c1-8-10-11-12-15-21-36(30(38)23(4)34-31(39)40-32(5,6)7)28(25-19-14-13-18-24(25)9-2)29(37)35-27-22(3)17-16-20-26(27)33/h2,13-14,16-20,23,28H,8,10-12,15,21H2,1,3-7H3,(H,34,39)(H,35,37). The number of ether oxygens (including phenoxy) is 1. The van der Waals surface area contributed by atoms with Crippen molar-refractivity contribution < 1.29 is 19.1 Å². The number of terminal acetylenes is 1. The van der Waals surface area contributed by atoms with Gasteiger partial charge in [-0.1, -0.05) is 80.5 Å². The number of para-hydroxylation sites is 1. The Balaban J connectivity index is 2.53. The molecule has 40 heavy (non-hydrogen) atoms. The topological polar surface area (TPSA) is 87.7 Å². The summed E-state index contributed by atoms with van der Waals surface area (Å²) in [6.07, 6.45) is 9.86. The van der Waals surface area contributed by atoms with Gasteiger partial charge < -0.3 is 20.3 Å². The van der Waals surface area contributed by atoms with Gasteiger partial charge in [-0.25, -0.2) is 4.79 Å². The maximum absolute atomic E-state index is 14.1. The Hall–Kier alpha value is -3.50. The number of amides is 3. The van der Waals surface area contributed by atoms with Crippen LogP contribution in [-0.2, 0) is 14.3 Å². The Morgan fingerprint density at radius 2 is 1.73 bits per heavy atom. The number of unbranched alkanes of at least 4 members (excludes halogenated alkanes) is 4. The minimum atomic E-state index is -1.07. The van der Waals surface area contributed by atoms with Gasteiger partial charge in [0.05, 0.1) is 10.7 Å². The smallest absolute Gasteiger partial charge is 0.408 e. The molecule has 216 valence electrons. The van der Waals surface area contributed by atoms with Crippen LogP contribution in [0.5, 0.6) is 0 Å². The van der Waals surface area contributed by atoms with Gasteiger partial charge in [0.15, 0.2) is 0 Å². The molecule has 3 amide bonds. The summed E-state index contributed by atoms with van der Waals surface area (Å²) in [6.45, 7) is 11.1. The Bertz CT molecular complexity index is 1200. The van der Waals surface area contributed by atoms with Gasteiger partial charge in [-0.15, -0.1) is 6.42 Å². The first kappa shape index (κ1) is 32.7. The summed E-state index contributed by atoms with van der Waals surface area (Å²) >= 11 is 6.43. The van der Waals surface area contributed by atoms with E-state index in [1.54, 1.807) is 64.1 Å². The van der Waals surface area contributed by atoms with Crippen LogP contribution in [-0.4, -0.2) is 41.0 Å². The Labute approximate surface area is 244 Å². The number of rotatable bonds is 12. The van der Waals surface area contributed by atoms with E-state index in [1.165, 1.54) is 4.90 Å². The van der Waals surface area contributed by atoms with Crippen LogP contribution in [0.15, 0.2) is 42.5 Å². The lowest BCUT2D eigenvalue weighted by Gasteiger charge is -2.34. The van der Waals surface area contributed by atoms with Crippen molar-refractivity contribution in [1.82, 2.24) is 10.2 Å². The van der Waals surface area contributed by atoms with Gasteiger partial charge in [0, 0.05) is 12.1 Å². The molecular weight excluding hydrogens is 526 g/mol. The van der Waals surface area contributed by atoms with Crippen molar-refractivity contribution in [3.05, 3.63) is 64.2 Å². The zero-order valence-electron chi connectivity index (χ0n) is 24.5. The predicted molar refractivity (Wildman–Crippen MR) is 161 cm³/mol. The van der Waals surface area contributed by atoms with Crippen LogP contribution in [0, 0.1) is 19.3 Å². The van der Waals surface area contributed by atoms with Crippen molar-refractivity contribution in [3.8, 4) is 12.3 Å². The number of anilines is 1. The van der Waals surface area contributed by atoms with Crippen LogP contribution >= 0.6 is 11.6 Å². The van der Waals surface area contributed by atoms with E-state index >= 15 is 0 Å². The molecule has 0 aromatic heterocycles. The molecule has 0 radical (unpaired) electrons. The summed E-state index contributed by atoms with van der Waals surface area (Å²) < 4.78 is 5.36. The van der Waals surface area contributed by atoms with E-state index in [0.29, 0.717) is 34.8 Å². The summed E-state index contributed by atoms with van der Waals surface area (Å²) in [7, 11) is 0. The fraction of sp³-hybridized carbons (Fsp3) is 0.469. The van der Waals surface area contributed by atoms with E-state index < -0.39 is 35.6 Å². The molecule has 0 bridgehead atoms. The van der Waals surface area contributed by atoms with E-state index in [0.717, 1.165) is 31.2 Å². The van der Waals surface area contributed by atoms with Gasteiger partial charge in [0.1, 0.15) is 17.7 Å². The molecule has 2 unspecified atom stereocenters. The zero-order chi connectivity index (χ0) is 29.9. The predicted octanol–water partition coefficient (Wildman–Crippen LogP) is 7.02. The summed E-state index contributed by atoms with van der Waals surface area (Å²) in [5, 5.41) is 5.95. The zero-order valence-corrected chi connectivity index (χ0v) is 25.2. The Morgan fingerprint density at radius 1 is 1.05 bits per heavy atom. The number of hydrogen-bond acceptors (Lipinski definition) is 4. The van der Waals surface area contributed by atoms with Crippen LogP contribution in [0.4, 0.5) is 10.5 Å². The molecule has 0 aliphatic carbocycles. The minimum absolute atomic E-state index is 0.293. The van der Waals surface area contributed by atoms with E-state index in [1.807, 2.05) is 13.0 Å². The number of nitrogens with one attached hydrogen (secondary N) is 2. The molecule has 2 N–H and O–H groups in total. The molecule has 0 fully saturated rings. The second-order valence-electron chi connectivity index (χ2n) is 10.9. The van der Waals surface area contributed by atoms with Crippen LogP contribution in [0.1, 0.15) is 89.5 Å². The molecule has 8 heteroatoms. The summed E-state index contributed by atoms with van der Waals surface area (Å²) in [5.41, 5.74) is 1.52. The van der Waals surface area contributed by atoms with Gasteiger partial charge in [0.25, 0.3) is 5.91 Å². The fourth-order valence-corrected chi connectivity index (χ4v) is 4.62. The highest BCUT2D eigenvalue weighted by Gasteiger charge is 2.36. The van der Waals surface area contributed by atoms with Crippen molar-refractivity contribution in [2.75, 3.05) is 11.9 Å². The molecule has 2 aromatic rings. The van der Waals surface area contributed by atoms with Crippen molar-refractivity contribution in [2.24, 2.45) is 0 Å². The van der Waals surface area contributed by atoms with Gasteiger partial charge in [-0.2, -0.15) is 0 Å². The first-order valence-corrected chi connectivity index (χ1v) is 14.2. The Morgan fingerprint density at radius 3 is 2.35 bits per heavy atom. The van der Waals surface area contributed by atoms with Gasteiger partial charge in [-0.3, -0.25) is 9.59 Å².